The van der Waals surface area contributed by atoms with Gasteiger partial charge in [-0.3, -0.25) is 4.79 Å². The fraction of sp³-hybridized carbons (Fsp3) is 0.250. The lowest BCUT2D eigenvalue weighted by molar-refractivity contribution is -0.120. The summed E-state index contributed by atoms with van der Waals surface area (Å²) in [6, 6.07) is 8.06. The van der Waals surface area contributed by atoms with E-state index in [-0.39, 0.29) is 11.7 Å². The summed E-state index contributed by atoms with van der Waals surface area (Å²) < 4.78 is 13.0. The summed E-state index contributed by atoms with van der Waals surface area (Å²) in [5, 5.41) is 9.40. The molecule has 0 aliphatic carbocycles. The molecule has 1 amide bonds. The summed E-state index contributed by atoms with van der Waals surface area (Å²) in [5.74, 6) is 0.359. The van der Waals surface area contributed by atoms with E-state index in [1.54, 1.807) is 18.3 Å². The first-order valence-corrected chi connectivity index (χ1v) is 7.23. The van der Waals surface area contributed by atoms with Crippen LogP contribution in [-0.2, 0) is 4.79 Å². The van der Waals surface area contributed by atoms with E-state index >= 15 is 0 Å². The third kappa shape index (κ3) is 2.03. The van der Waals surface area contributed by atoms with Gasteiger partial charge in [0.2, 0.25) is 0 Å². The number of carbonyl (C=O) groups excluding carboxylic acids is 1. The van der Waals surface area contributed by atoms with Gasteiger partial charge in [0, 0.05) is 18.3 Å². The van der Waals surface area contributed by atoms with Crippen molar-refractivity contribution >= 4 is 17.4 Å². The SMILES string of the molecule is O=C1Nc2cc(-c3ccc(F)cc3)cnc2NC12CCNC2. The molecule has 2 aliphatic rings. The van der Waals surface area contributed by atoms with Gasteiger partial charge in [-0.05, 0) is 36.7 Å². The number of nitrogens with one attached hydrogen (secondary N) is 3. The highest BCUT2D eigenvalue weighted by Crippen LogP contribution is 2.34. The Morgan fingerprint density at radius 2 is 2.00 bits per heavy atom. The van der Waals surface area contributed by atoms with Crippen molar-refractivity contribution in [3.8, 4) is 11.1 Å². The molecule has 3 heterocycles. The Morgan fingerprint density at radius 3 is 2.73 bits per heavy atom. The Hall–Kier alpha value is -2.47. The summed E-state index contributed by atoms with van der Waals surface area (Å²) in [4.78, 5) is 16.8. The van der Waals surface area contributed by atoms with Gasteiger partial charge in [0.1, 0.15) is 11.4 Å². The van der Waals surface area contributed by atoms with E-state index in [0.29, 0.717) is 18.1 Å². The number of halogens is 1. The monoisotopic (exact) mass is 298 g/mol. The number of hydrogen-bond donors (Lipinski definition) is 3. The summed E-state index contributed by atoms with van der Waals surface area (Å²) in [7, 11) is 0. The van der Waals surface area contributed by atoms with Crippen molar-refractivity contribution in [2.75, 3.05) is 23.7 Å². The van der Waals surface area contributed by atoms with Crippen molar-refractivity contribution in [1.82, 2.24) is 10.3 Å². The van der Waals surface area contributed by atoms with Crippen molar-refractivity contribution < 1.29 is 9.18 Å². The molecule has 1 saturated heterocycles. The largest absolute Gasteiger partial charge is 0.353 e. The van der Waals surface area contributed by atoms with Gasteiger partial charge in [0.25, 0.3) is 5.91 Å². The molecule has 0 radical (unpaired) electrons. The zero-order valence-corrected chi connectivity index (χ0v) is 11.8. The number of aromatic nitrogens is 1. The maximum Gasteiger partial charge on any atom is 0.251 e. The van der Waals surface area contributed by atoms with Gasteiger partial charge in [0.15, 0.2) is 5.82 Å². The lowest BCUT2D eigenvalue weighted by Crippen LogP contribution is -2.54. The van der Waals surface area contributed by atoms with Gasteiger partial charge >= 0.3 is 0 Å². The molecule has 2 aromatic rings. The highest BCUT2D eigenvalue weighted by Gasteiger charge is 2.44. The molecule has 112 valence electrons. The molecule has 1 unspecified atom stereocenters. The molecule has 2 aliphatic heterocycles. The summed E-state index contributed by atoms with van der Waals surface area (Å²) in [6.07, 6.45) is 2.46. The van der Waals surface area contributed by atoms with E-state index in [0.717, 1.165) is 24.1 Å². The number of rotatable bonds is 1. The van der Waals surface area contributed by atoms with Crippen LogP contribution >= 0.6 is 0 Å². The number of anilines is 2. The minimum atomic E-state index is -0.600. The Balaban J connectivity index is 1.70. The molecule has 0 saturated carbocycles. The van der Waals surface area contributed by atoms with E-state index in [1.807, 2.05) is 6.07 Å². The van der Waals surface area contributed by atoms with Crippen LogP contribution in [0.25, 0.3) is 11.1 Å². The second-order valence-corrected chi connectivity index (χ2v) is 5.72. The van der Waals surface area contributed by atoms with Crippen LogP contribution in [0.15, 0.2) is 36.5 Å². The molecule has 5 nitrogen and oxygen atoms in total. The van der Waals surface area contributed by atoms with Gasteiger partial charge in [-0.25, -0.2) is 9.37 Å². The second kappa shape index (κ2) is 4.78. The average Bonchev–Trinajstić information content (AvgIpc) is 2.98. The molecule has 4 rings (SSSR count). The fourth-order valence-electron chi connectivity index (χ4n) is 2.98. The van der Waals surface area contributed by atoms with Crippen LogP contribution in [0.1, 0.15) is 6.42 Å². The Kier molecular flexibility index (Phi) is 2.87. The van der Waals surface area contributed by atoms with E-state index in [4.69, 9.17) is 0 Å². The quantitative estimate of drug-likeness (QED) is 0.753. The molecule has 1 aromatic heterocycles. The summed E-state index contributed by atoms with van der Waals surface area (Å²) >= 11 is 0. The maximum atomic E-state index is 13.0. The van der Waals surface area contributed by atoms with Crippen LogP contribution in [0, 0.1) is 5.82 Å². The normalized spacial score (nSPS) is 23.0. The highest BCUT2D eigenvalue weighted by atomic mass is 19.1. The van der Waals surface area contributed by atoms with Crippen molar-refractivity contribution in [3.05, 3.63) is 42.3 Å². The zero-order valence-electron chi connectivity index (χ0n) is 11.8. The van der Waals surface area contributed by atoms with E-state index in [1.165, 1.54) is 12.1 Å². The van der Waals surface area contributed by atoms with E-state index in [9.17, 15) is 9.18 Å². The third-order valence-electron chi connectivity index (χ3n) is 4.26. The van der Waals surface area contributed by atoms with Crippen LogP contribution in [-0.4, -0.2) is 29.5 Å². The molecule has 22 heavy (non-hydrogen) atoms. The highest BCUT2D eigenvalue weighted by molar-refractivity contribution is 6.06. The van der Waals surface area contributed by atoms with Gasteiger partial charge in [-0.2, -0.15) is 0 Å². The average molecular weight is 298 g/mol. The minimum Gasteiger partial charge on any atom is -0.353 e. The Bertz CT molecular complexity index is 738. The van der Waals surface area contributed by atoms with Crippen LogP contribution < -0.4 is 16.0 Å². The number of nitrogens with zero attached hydrogens (tertiary/aromatic N) is 1. The number of carbonyl (C=O) groups is 1. The van der Waals surface area contributed by atoms with Crippen LogP contribution in [0.5, 0.6) is 0 Å². The number of benzene rings is 1. The van der Waals surface area contributed by atoms with Gasteiger partial charge in [0.05, 0.1) is 5.69 Å². The Morgan fingerprint density at radius 1 is 1.18 bits per heavy atom. The standard InChI is InChI=1S/C16H15FN4O/c17-12-3-1-10(2-4-12)11-7-13-14(19-8-11)21-16(15(22)20-13)5-6-18-9-16/h1-4,7-8,18H,5-6,9H2,(H,19,21)(H,20,22). The first-order chi connectivity index (χ1) is 10.7. The van der Waals surface area contributed by atoms with Crippen LogP contribution in [0.4, 0.5) is 15.9 Å². The maximum absolute atomic E-state index is 13.0. The smallest absolute Gasteiger partial charge is 0.251 e. The molecule has 0 bridgehead atoms. The van der Waals surface area contributed by atoms with Crippen molar-refractivity contribution in [2.45, 2.75) is 12.0 Å². The van der Waals surface area contributed by atoms with Gasteiger partial charge < -0.3 is 16.0 Å². The summed E-state index contributed by atoms with van der Waals surface area (Å²) in [5.41, 5.74) is 1.75. The lowest BCUT2D eigenvalue weighted by Gasteiger charge is -2.34. The van der Waals surface area contributed by atoms with E-state index < -0.39 is 5.54 Å². The van der Waals surface area contributed by atoms with E-state index in [2.05, 4.69) is 20.9 Å². The molecular formula is C16H15FN4O. The first kappa shape index (κ1) is 13.2. The van der Waals surface area contributed by atoms with Gasteiger partial charge in [-0.15, -0.1) is 0 Å². The Labute approximate surface area is 126 Å². The predicted octanol–water partition coefficient (Wildman–Crippen LogP) is 1.98. The molecule has 1 fully saturated rings. The van der Waals surface area contributed by atoms with Crippen molar-refractivity contribution in [1.29, 1.82) is 0 Å². The summed E-state index contributed by atoms with van der Waals surface area (Å²) in [6.45, 7) is 1.41. The van der Waals surface area contributed by atoms with Gasteiger partial charge in [-0.1, -0.05) is 12.1 Å². The van der Waals surface area contributed by atoms with Crippen molar-refractivity contribution in [2.24, 2.45) is 0 Å². The molecule has 6 heteroatoms. The lowest BCUT2D eigenvalue weighted by atomic mass is 9.94. The molecule has 1 spiro atoms. The number of amides is 1. The topological polar surface area (TPSA) is 66.0 Å². The second-order valence-electron chi connectivity index (χ2n) is 5.72. The molecule has 3 N–H and O–H groups in total. The van der Waals surface area contributed by atoms with Crippen LogP contribution in [0.3, 0.4) is 0 Å². The fourth-order valence-corrected chi connectivity index (χ4v) is 2.98. The first-order valence-electron chi connectivity index (χ1n) is 7.23. The van der Waals surface area contributed by atoms with Crippen LogP contribution in [0.2, 0.25) is 0 Å². The zero-order chi connectivity index (χ0) is 15.2. The predicted molar refractivity (Wildman–Crippen MR) is 82.1 cm³/mol. The molecular weight excluding hydrogens is 283 g/mol. The molecule has 1 atom stereocenters. The number of hydrogen-bond acceptors (Lipinski definition) is 4. The molecule has 1 aromatic carbocycles. The third-order valence-corrected chi connectivity index (χ3v) is 4.26. The minimum absolute atomic E-state index is 0.0388. The number of fused-ring (bicyclic) bond motifs is 1. The van der Waals surface area contributed by atoms with Crippen molar-refractivity contribution in [3.63, 3.8) is 0 Å². The number of pyridine rings is 1.